The lowest BCUT2D eigenvalue weighted by atomic mass is 10.1. The maximum absolute atomic E-state index is 12.0. The summed E-state index contributed by atoms with van der Waals surface area (Å²) in [6.45, 7) is 3.97. The number of nitrogens with zero attached hydrogens (tertiary/aromatic N) is 2. The Kier molecular flexibility index (Phi) is 5.84. The van der Waals surface area contributed by atoms with Crippen LogP contribution in [0.25, 0.3) is 0 Å². The molecule has 2 aromatic rings. The number of anilines is 1. The number of carbonyl (C=O) groups excluding carboxylic acids is 2. The van der Waals surface area contributed by atoms with Crippen LogP contribution in [0.3, 0.4) is 0 Å². The van der Waals surface area contributed by atoms with Crippen molar-refractivity contribution in [2.45, 2.75) is 26.3 Å². The summed E-state index contributed by atoms with van der Waals surface area (Å²) < 4.78 is 5.45. The summed E-state index contributed by atoms with van der Waals surface area (Å²) >= 11 is 0. The van der Waals surface area contributed by atoms with E-state index in [1.54, 1.807) is 30.5 Å². The standard InChI is InChI=1S/C20H23N3O3/c1-15(24)17-4-6-18(7-5-17)26-14-20(25)22-13-16-8-9-21-19(12-16)23-10-2-3-11-23/h4-9,12H,2-3,10-11,13-14H2,1H3,(H,22,25). The molecule has 0 atom stereocenters. The number of pyridine rings is 1. The highest BCUT2D eigenvalue weighted by Gasteiger charge is 2.13. The first-order valence-corrected chi connectivity index (χ1v) is 8.82. The first-order valence-electron chi connectivity index (χ1n) is 8.82. The topological polar surface area (TPSA) is 71.5 Å². The summed E-state index contributed by atoms with van der Waals surface area (Å²) in [5, 5.41) is 2.85. The zero-order chi connectivity index (χ0) is 18.4. The molecule has 0 bridgehead atoms. The third kappa shape index (κ3) is 4.81. The third-order valence-electron chi connectivity index (χ3n) is 4.36. The van der Waals surface area contributed by atoms with Crippen molar-refractivity contribution in [3.05, 3.63) is 53.7 Å². The van der Waals surface area contributed by atoms with E-state index in [2.05, 4.69) is 15.2 Å². The molecule has 1 saturated heterocycles. The number of benzene rings is 1. The molecule has 1 N–H and O–H groups in total. The molecule has 1 aliphatic rings. The molecule has 6 nitrogen and oxygen atoms in total. The molecule has 1 fully saturated rings. The van der Waals surface area contributed by atoms with Gasteiger partial charge in [-0.2, -0.15) is 0 Å². The van der Waals surface area contributed by atoms with Gasteiger partial charge in [0.25, 0.3) is 5.91 Å². The fourth-order valence-corrected chi connectivity index (χ4v) is 2.88. The molecule has 3 rings (SSSR count). The number of amides is 1. The minimum atomic E-state index is -0.194. The van der Waals surface area contributed by atoms with Crippen molar-refractivity contribution in [3.8, 4) is 5.75 Å². The van der Waals surface area contributed by atoms with Crippen LogP contribution in [0.2, 0.25) is 0 Å². The number of hydrogen-bond acceptors (Lipinski definition) is 5. The Morgan fingerprint density at radius 1 is 1.15 bits per heavy atom. The number of carbonyl (C=O) groups is 2. The van der Waals surface area contributed by atoms with Gasteiger partial charge in [-0.1, -0.05) is 0 Å². The smallest absolute Gasteiger partial charge is 0.258 e. The number of aromatic nitrogens is 1. The van der Waals surface area contributed by atoms with Crippen LogP contribution in [-0.2, 0) is 11.3 Å². The van der Waals surface area contributed by atoms with Gasteiger partial charge in [-0.15, -0.1) is 0 Å². The van der Waals surface area contributed by atoms with Crippen LogP contribution in [-0.4, -0.2) is 36.4 Å². The van der Waals surface area contributed by atoms with Gasteiger partial charge in [-0.05, 0) is 61.7 Å². The van der Waals surface area contributed by atoms with Gasteiger partial charge in [0.05, 0.1) is 0 Å². The monoisotopic (exact) mass is 353 g/mol. The molecule has 0 radical (unpaired) electrons. The Bertz CT molecular complexity index is 768. The average molecular weight is 353 g/mol. The first-order chi connectivity index (χ1) is 12.6. The Morgan fingerprint density at radius 3 is 2.58 bits per heavy atom. The summed E-state index contributed by atoms with van der Waals surface area (Å²) in [7, 11) is 0. The van der Waals surface area contributed by atoms with Crippen LogP contribution >= 0.6 is 0 Å². The molecular weight excluding hydrogens is 330 g/mol. The SMILES string of the molecule is CC(=O)c1ccc(OCC(=O)NCc2ccnc(N3CCCC3)c2)cc1. The molecule has 0 spiro atoms. The van der Waals surface area contributed by atoms with Crippen LogP contribution in [0.5, 0.6) is 5.75 Å². The van der Waals surface area contributed by atoms with Gasteiger partial charge in [-0.3, -0.25) is 9.59 Å². The molecule has 1 aliphatic heterocycles. The van der Waals surface area contributed by atoms with Crippen molar-refractivity contribution in [2.24, 2.45) is 0 Å². The van der Waals surface area contributed by atoms with Crippen LogP contribution in [0, 0.1) is 0 Å². The van der Waals surface area contributed by atoms with Gasteiger partial charge < -0.3 is 15.0 Å². The molecule has 2 heterocycles. The van der Waals surface area contributed by atoms with Crippen molar-refractivity contribution < 1.29 is 14.3 Å². The number of ketones is 1. The second kappa shape index (κ2) is 8.47. The molecule has 1 aromatic heterocycles. The minimum absolute atomic E-state index is 0.0000522. The number of rotatable bonds is 7. The Balaban J connectivity index is 1.46. The second-order valence-electron chi connectivity index (χ2n) is 6.36. The van der Waals surface area contributed by atoms with E-state index in [4.69, 9.17) is 4.74 Å². The molecule has 26 heavy (non-hydrogen) atoms. The van der Waals surface area contributed by atoms with Crippen LogP contribution < -0.4 is 15.0 Å². The van der Waals surface area contributed by atoms with Gasteiger partial charge >= 0.3 is 0 Å². The largest absolute Gasteiger partial charge is 0.484 e. The van der Waals surface area contributed by atoms with Crippen molar-refractivity contribution >= 4 is 17.5 Å². The molecule has 1 amide bonds. The fraction of sp³-hybridized carbons (Fsp3) is 0.350. The van der Waals surface area contributed by atoms with Gasteiger partial charge in [0, 0.05) is 31.4 Å². The van der Waals surface area contributed by atoms with Crippen LogP contribution in [0.15, 0.2) is 42.6 Å². The number of ether oxygens (including phenoxy) is 1. The van der Waals surface area contributed by atoms with Crippen LogP contribution in [0.1, 0.15) is 35.7 Å². The van der Waals surface area contributed by atoms with Crippen molar-refractivity contribution in [3.63, 3.8) is 0 Å². The predicted octanol–water partition coefficient (Wildman–Crippen LogP) is 2.58. The summed E-state index contributed by atoms with van der Waals surface area (Å²) in [6, 6.07) is 10.7. The predicted molar refractivity (Wildman–Crippen MR) is 99.5 cm³/mol. The lowest BCUT2D eigenvalue weighted by Gasteiger charge is -2.17. The van der Waals surface area contributed by atoms with E-state index in [9.17, 15) is 9.59 Å². The van der Waals surface area contributed by atoms with E-state index >= 15 is 0 Å². The maximum atomic E-state index is 12.0. The molecule has 1 aromatic carbocycles. The second-order valence-corrected chi connectivity index (χ2v) is 6.36. The molecule has 0 aliphatic carbocycles. The summed E-state index contributed by atoms with van der Waals surface area (Å²) in [5.74, 6) is 1.33. The van der Waals surface area contributed by atoms with E-state index in [1.807, 2.05) is 12.1 Å². The Labute approximate surface area is 153 Å². The number of hydrogen-bond donors (Lipinski definition) is 1. The Morgan fingerprint density at radius 2 is 1.88 bits per heavy atom. The van der Waals surface area contributed by atoms with E-state index < -0.39 is 0 Å². The summed E-state index contributed by atoms with van der Waals surface area (Å²) in [5.41, 5.74) is 1.63. The highest BCUT2D eigenvalue weighted by molar-refractivity contribution is 5.94. The van der Waals surface area contributed by atoms with Gasteiger partial charge in [0.1, 0.15) is 11.6 Å². The highest BCUT2D eigenvalue weighted by atomic mass is 16.5. The maximum Gasteiger partial charge on any atom is 0.258 e. The zero-order valence-corrected chi connectivity index (χ0v) is 14.9. The molecule has 136 valence electrons. The van der Waals surface area contributed by atoms with Crippen molar-refractivity contribution in [1.29, 1.82) is 0 Å². The Hall–Kier alpha value is -2.89. The molecular formula is C20H23N3O3. The lowest BCUT2D eigenvalue weighted by molar-refractivity contribution is -0.123. The van der Waals surface area contributed by atoms with E-state index in [0.717, 1.165) is 24.5 Å². The van der Waals surface area contributed by atoms with Crippen molar-refractivity contribution in [2.75, 3.05) is 24.6 Å². The number of nitrogens with one attached hydrogen (secondary N) is 1. The van der Waals surface area contributed by atoms with Crippen LogP contribution in [0.4, 0.5) is 5.82 Å². The van der Waals surface area contributed by atoms with Gasteiger partial charge in [0.15, 0.2) is 12.4 Å². The van der Waals surface area contributed by atoms with Crippen molar-refractivity contribution in [1.82, 2.24) is 10.3 Å². The third-order valence-corrected chi connectivity index (χ3v) is 4.36. The fourth-order valence-electron chi connectivity index (χ4n) is 2.88. The van der Waals surface area contributed by atoms with Gasteiger partial charge in [0.2, 0.25) is 0 Å². The van der Waals surface area contributed by atoms with E-state index in [0.29, 0.717) is 17.9 Å². The highest BCUT2D eigenvalue weighted by Crippen LogP contribution is 2.18. The van der Waals surface area contributed by atoms with E-state index in [1.165, 1.54) is 19.8 Å². The quantitative estimate of drug-likeness (QED) is 0.775. The molecule has 0 unspecified atom stereocenters. The minimum Gasteiger partial charge on any atom is -0.484 e. The number of Topliss-reactive ketones (excluding diaryl/α,β-unsaturated/α-hetero) is 1. The zero-order valence-electron chi connectivity index (χ0n) is 14.9. The average Bonchev–Trinajstić information content (AvgIpc) is 3.20. The lowest BCUT2D eigenvalue weighted by Crippen LogP contribution is -2.28. The summed E-state index contributed by atoms with van der Waals surface area (Å²) in [4.78, 5) is 29.9. The van der Waals surface area contributed by atoms with E-state index in [-0.39, 0.29) is 18.3 Å². The van der Waals surface area contributed by atoms with Gasteiger partial charge in [-0.25, -0.2) is 4.98 Å². The molecule has 6 heteroatoms. The summed E-state index contributed by atoms with van der Waals surface area (Å²) in [6.07, 6.45) is 4.18. The first kappa shape index (κ1) is 17.9. The molecule has 0 saturated carbocycles. The normalized spacial score (nSPS) is 13.5.